The van der Waals surface area contributed by atoms with Crippen molar-refractivity contribution in [3.63, 3.8) is 0 Å². The molecule has 1 aromatic rings. The molecule has 22 heavy (non-hydrogen) atoms. The van der Waals surface area contributed by atoms with E-state index in [1.165, 1.54) is 24.1 Å². The van der Waals surface area contributed by atoms with E-state index in [9.17, 15) is 0 Å². The monoisotopic (exact) mass is 437 g/mol. The molecule has 1 saturated carbocycles. The van der Waals surface area contributed by atoms with E-state index in [1.807, 2.05) is 0 Å². The smallest absolute Gasteiger partial charge is 0.191 e. The first-order chi connectivity index (χ1) is 10.3. The lowest BCUT2D eigenvalue weighted by Crippen LogP contribution is -2.46. The largest absolute Gasteiger partial charge is 0.385 e. The number of ether oxygens (including phenoxy) is 1. The maximum atomic E-state index is 5.25. The molecule has 2 N–H and O–H groups in total. The third-order valence-corrected chi connectivity index (χ3v) is 5.06. The van der Waals surface area contributed by atoms with Crippen LogP contribution in [0.4, 0.5) is 0 Å². The number of rotatable bonds is 8. The molecule has 0 atom stereocenters. The fourth-order valence-electron chi connectivity index (χ4n) is 2.68. The van der Waals surface area contributed by atoms with Crippen LogP contribution >= 0.6 is 35.3 Å². The molecule has 1 heterocycles. The average molecular weight is 437 g/mol. The fraction of sp³-hybridized carbons (Fsp3) is 0.688. The normalized spacial score (nSPS) is 16.5. The van der Waals surface area contributed by atoms with Crippen LogP contribution < -0.4 is 10.6 Å². The van der Waals surface area contributed by atoms with Crippen LogP contribution in [0.15, 0.2) is 22.5 Å². The average Bonchev–Trinajstić information content (AvgIpc) is 2.96. The van der Waals surface area contributed by atoms with Gasteiger partial charge in [-0.2, -0.15) is 0 Å². The lowest BCUT2D eigenvalue weighted by molar-refractivity contribution is 0.0732. The summed E-state index contributed by atoms with van der Waals surface area (Å²) in [5.41, 5.74) is 0.412. The third kappa shape index (κ3) is 6.04. The Bertz CT molecular complexity index is 433. The van der Waals surface area contributed by atoms with Crippen molar-refractivity contribution >= 4 is 41.3 Å². The van der Waals surface area contributed by atoms with Gasteiger partial charge >= 0.3 is 0 Å². The summed E-state index contributed by atoms with van der Waals surface area (Å²) in [6, 6.07) is 4.20. The molecule has 0 saturated heterocycles. The van der Waals surface area contributed by atoms with Crippen molar-refractivity contribution in [2.75, 3.05) is 26.8 Å². The summed E-state index contributed by atoms with van der Waals surface area (Å²) in [4.78, 5) is 5.97. The Morgan fingerprint density at radius 3 is 2.77 bits per heavy atom. The first-order valence-electron chi connectivity index (χ1n) is 7.81. The minimum Gasteiger partial charge on any atom is -0.385 e. The Labute approximate surface area is 155 Å². The summed E-state index contributed by atoms with van der Waals surface area (Å²) in [5.74, 6) is 0.926. The second-order valence-corrected chi connectivity index (χ2v) is 6.76. The van der Waals surface area contributed by atoms with E-state index < -0.39 is 0 Å². The zero-order valence-electron chi connectivity index (χ0n) is 13.6. The molecule has 2 rings (SSSR count). The zero-order chi connectivity index (χ0) is 15.0. The van der Waals surface area contributed by atoms with Crippen LogP contribution in [0.2, 0.25) is 0 Å². The standard InChI is InChI=1S/C16H27N3OS.HI/c1-3-17-15(18-12-14-6-4-11-21-14)19-13-16(7-5-8-16)9-10-20-2;/h4,6,11H,3,5,7-10,12-13H2,1-2H3,(H2,17,18,19);1H. The Morgan fingerprint density at radius 1 is 1.41 bits per heavy atom. The molecule has 0 amide bonds. The van der Waals surface area contributed by atoms with Crippen LogP contribution in [0, 0.1) is 5.41 Å². The molecule has 1 aromatic heterocycles. The predicted octanol–water partition coefficient (Wildman–Crippen LogP) is 3.63. The van der Waals surface area contributed by atoms with Gasteiger partial charge in [-0.15, -0.1) is 35.3 Å². The second-order valence-electron chi connectivity index (χ2n) is 5.72. The van der Waals surface area contributed by atoms with Crippen molar-refractivity contribution in [3.8, 4) is 0 Å². The molecule has 126 valence electrons. The highest BCUT2D eigenvalue weighted by Gasteiger charge is 2.36. The number of hydrogen-bond acceptors (Lipinski definition) is 3. The van der Waals surface area contributed by atoms with Gasteiger partial charge in [-0.25, -0.2) is 4.99 Å². The summed E-state index contributed by atoms with van der Waals surface area (Å²) >= 11 is 1.75. The topological polar surface area (TPSA) is 45.7 Å². The number of nitrogens with one attached hydrogen (secondary N) is 2. The molecule has 1 fully saturated rings. The molecule has 0 radical (unpaired) electrons. The molecule has 0 spiro atoms. The first-order valence-corrected chi connectivity index (χ1v) is 8.69. The van der Waals surface area contributed by atoms with Crippen LogP contribution in [-0.4, -0.2) is 32.8 Å². The van der Waals surface area contributed by atoms with Crippen LogP contribution in [-0.2, 0) is 11.3 Å². The molecular formula is C16H28IN3OS. The maximum absolute atomic E-state index is 5.25. The third-order valence-electron chi connectivity index (χ3n) is 4.20. The summed E-state index contributed by atoms with van der Waals surface area (Å²) in [6.07, 6.45) is 5.08. The Balaban J connectivity index is 0.00000242. The number of hydrogen-bond donors (Lipinski definition) is 2. The Morgan fingerprint density at radius 2 is 2.23 bits per heavy atom. The van der Waals surface area contributed by atoms with Gasteiger partial charge in [-0.3, -0.25) is 0 Å². The highest BCUT2D eigenvalue weighted by atomic mass is 127. The molecule has 0 bridgehead atoms. The Hall–Kier alpha value is -0.340. The van der Waals surface area contributed by atoms with Gasteiger partial charge in [0.25, 0.3) is 0 Å². The van der Waals surface area contributed by atoms with E-state index in [-0.39, 0.29) is 24.0 Å². The highest BCUT2D eigenvalue weighted by molar-refractivity contribution is 14.0. The SMILES string of the molecule is CCNC(=NCc1cccs1)NCC1(CCOC)CCC1.I. The molecule has 1 aliphatic carbocycles. The van der Waals surface area contributed by atoms with Gasteiger partial charge in [0.15, 0.2) is 5.96 Å². The number of thiophene rings is 1. The summed E-state index contributed by atoms with van der Waals surface area (Å²) < 4.78 is 5.25. The van der Waals surface area contributed by atoms with Gasteiger partial charge in [0.2, 0.25) is 0 Å². The van der Waals surface area contributed by atoms with E-state index >= 15 is 0 Å². The van der Waals surface area contributed by atoms with Gasteiger partial charge in [-0.05, 0) is 43.0 Å². The van der Waals surface area contributed by atoms with Crippen molar-refractivity contribution in [2.24, 2.45) is 10.4 Å². The number of halogens is 1. The molecule has 0 aromatic carbocycles. The summed E-state index contributed by atoms with van der Waals surface area (Å²) in [6.45, 7) is 5.59. The molecule has 6 heteroatoms. The predicted molar refractivity (Wildman–Crippen MR) is 105 cm³/mol. The molecular weight excluding hydrogens is 409 g/mol. The molecule has 0 aliphatic heterocycles. The number of guanidine groups is 1. The first kappa shape index (κ1) is 19.7. The van der Waals surface area contributed by atoms with Crippen molar-refractivity contribution < 1.29 is 4.74 Å². The lowest BCUT2D eigenvalue weighted by Gasteiger charge is -2.42. The number of aliphatic imine (C=N–C) groups is 1. The minimum atomic E-state index is 0. The number of nitrogens with zero attached hydrogens (tertiary/aromatic N) is 1. The minimum absolute atomic E-state index is 0. The van der Waals surface area contributed by atoms with Crippen LogP contribution in [0.25, 0.3) is 0 Å². The van der Waals surface area contributed by atoms with E-state index in [0.29, 0.717) is 5.41 Å². The molecule has 4 nitrogen and oxygen atoms in total. The van der Waals surface area contributed by atoms with Crippen molar-refractivity contribution in [1.29, 1.82) is 0 Å². The van der Waals surface area contributed by atoms with Gasteiger partial charge in [0.05, 0.1) is 6.54 Å². The zero-order valence-corrected chi connectivity index (χ0v) is 16.7. The van der Waals surface area contributed by atoms with Crippen LogP contribution in [0.5, 0.6) is 0 Å². The second kappa shape index (κ2) is 10.4. The van der Waals surface area contributed by atoms with Gasteiger partial charge in [0, 0.05) is 31.7 Å². The molecule has 0 unspecified atom stereocenters. The van der Waals surface area contributed by atoms with E-state index in [2.05, 4.69) is 40.1 Å². The maximum Gasteiger partial charge on any atom is 0.191 e. The van der Waals surface area contributed by atoms with E-state index in [0.717, 1.165) is 38.6 Å². The van der Waals surface area contributed by atoms with Crippen molar-refractivity contribution in [2.45, 2.75) is 39.2 Å². The van der Waals surface area contributed by atoms with Crippen LogP contribution in [0.1, 0.15) is 37.5 Å². The van der Waals surface area contributed by atoms with E-state index in [1.54, 1.807) is 18.4 Å². The van der Waals surface area contributed by atoms with Crippen LogP contribution in [0.3, 0.4) is 0 Å². The van der Waals surface area contributed by atoms with Gasteiger partial charge in [-0.1, -0.05) is 12.5 Å². The highest BCUT2D eigenvalue weighted by Crippen LogP contribution is 2.43. The van der Waals surface area contributed by atoms with Gasteiger partial charge in [0.1, 0.15) is 0 Å². The quantitative estimate of drug-likeness (QED) is 0.371. The summed E-state index contributed by atoms with van der Waals surface area (Å²) in [5, 5.41) is 8.95. The van der Waals surface area contributed by atoms with E-state index in [4.69, 9.17) is 4.74 Å². The molecule has 1 aliphatic rings. The Kier molecular flexibility index (Phi) is 9.35. The lowest BCUT2D eigenvalue weighted by atomic mass is 9.67. The fourth-order valence-corrected chi connectivity index (χ4v) is 3.31. The van der Waals surface area contributed by atoms with Crippen molar-refractivity contribution in [1.82, 2.24) is 10.6 Å². The van der Waals surface area contributed by atoms with Gasteiger partial charge < -0.3 is 15.4 Å². The summed E-state index contributed by atoms with van der Waals surface area (Å²) in [7, 11) is 1.78. The number of methoxy groups -OCH3 is 1. The van der Waals surface area contributed by atoms with Crippen molar-refractivity contribution in [3.05, 3.63) is 22.4 Å².